The van der Waals surface area contributed by atoms with E-state index < -0.39 is 45.0 Å². The van der Waals surface area contributed by atoms with E-state index in [9.17, 15) is 26.8 Å². The standard InChI is InChI=1S/C17H25F2N3O4S/c1-16(5-6-16)20-27(25,26)11-3-4-13-12(7-11)14(23)22(15(24)21(13)2)9-10-8-17(10,18)19/h10-13,20H,3-9H2,1-2H3. The van der Waals surface area contributed by atoms with Crippen LogP contribution in [-0.4, -0.2) is 66.5 Å². The van der Waals surface area contributed by atoms with Crippen LogP contribution < -0.4 is 4.72 Å². The highest BCUT2D eigenvalue weighted by molar-refractivity contribution is 7.90. The summed E-state index contributed by atoms with van der Waals surface area (Å²) in [5.74, 6) is -4.99. The van der Waals surface area contributed by atoms with E-state index in [2.05, 4.69) is 4.72 Å². The first-order valence-corrected chi connectivity index (χ1v) is 11.0. The molecule has 1 saturated heterocycles. The summed E-state index contributed by atoms with van der Waals surface area (Å²) in [6.45, 7) is 1.55. The Morgan fingerprint density at radius 1 is 1.22 bits per heavy atom. The molecule has 1 heterocycles. The minimum atomic E-state index is -3.57. The first kappa shape index (κ1) is 19.0. The van der Waals surface area contributed by atoms with E-state index in [-0.39, 0.29) is 31.0 Å². The molecule has 4 fully saturated rings. The summed E-state index contributed by atoms with van der Waals surface area (Å²) in [4.78, 5) is 27.7. The maximum absolute atomic E-state index is 13.3. The molecule has 10 heteroatoms. The first-order valence-electron chi connectivity index (χ1n) is 9.42. The van der Waals surface area contributed by atoms with Crippen molar-refractivity contribution >= 4 is 22.0 Å². The lowest BCUT2D eigenvalue weighted by Gasteiger charge is -2.46. The molecule has 3 amide bonds. The smallest absolute Gasteiger partial charge is 0.324 e. The highest BCUT2D eigenvalue weighted by Gasteiger charge is 2.59. The summed E-state index contributed by atoms with van der Waals surface area (Å²) in [7, 11) is -2.02. The van der Waals surface area contributed by atoms with Crippen LogP contribution in [0.3, 0.4) is 0 Å². The number of nitrogens with zero attached hydrogens (tertiary/aromatic N) is 2. The quantitative estimate of drug-likeness (QED) is 0.752. The summed E-state index contributed by atoms with van der Waals surface area (Å²) < 4.78 is 54.7. The molecule has 3 saturated carbocycles. The number of imide groups is 1. The second-order valence-corrected chi connectivity index (χ2v) is 10.8. The molecule has 4 rings (SSSR count). The van der Waals surface area contributed by atoms with E-state index in [1.807, 2.05) is 6.92 Å². The van der Waals surface area contributed by atoms with Gasteiger partial charge in [-0.1, -0.05) is 0 Å². The third kappa shape index (κ3) is 3.35. The molecule has 1 N–H and O–H groups in total. The number of sulfonamides is 1. The molecular weight excluding hydrogens is 380 g/mol. The second-order valence-electron chi connectivity index (χ2n) is 8.82. The Bertz CT molecular complexity index is 783. The Morgan fingerprint density at radius 2 is 1.85 bits per heavy atom. The average molecular weight is 405 g/mol. The third-order valence-electron chi connectivity index (χ3n) is 6.57. The largest absolute Gasteiger partial charge is 0.326 e. The molecule has 7 nitrogen and oxygen atoms in total. The van der Waals surface area contributed by atoms with Gasteiger partial charge in [-0.15, -0.1) is 0 Å². The van der Waals surface area contributed by atoms with Gasteiger partial charge < -0.3 is 4.90 Å². The number of carbonyl (C=O) groups is 2. The minimum Gasteiger partial charge on any atom is -0.324 e. The van der Waals surface area contributed by atoms with Crippen LogP contribution in [0.2, 0.25) is 0 Å². The highest BCUT2D eigenvalue weighted by Crippen LogP contribution is 2.49. The number of halogens is 2. The van der Waals surface area contributed by atoms with Crippen molar-refractivity contribution in [1.29, 1.82) is 0 Å². The zero-order valence-electron chi connectivity index (χ0n) is 15.5. The number of hydrogen-bond donors (Lipinski definition) is 1. The topological polar surface area (TPSA) is 86.8 Å². The molecule has 0 aromatic rings. The van der Waals surface area contributed by atoms with Crippen molar-refractivity contribution in [2.75, 3.05) is 13.6 Å². The summed E-state index contributed by atoms with van der Waals surface area (Å²) in [5.41, 5.74) is -0.386. The van der Waals surface area contributed by atoms with Gasteiger partial charge in [0.05, 0.1) is 11.2 Å². The summed E-state index contributed by atoms with van der Waals surface area (Å²) >= 11 is 0. The number of nitrogens with one attached hydrogen (secondary N) is 1. The van der Waals surface area contributed by atoms with Gasteiger partial charge in [0.2, 0.25) is 15.9 Å². The molecule has 152 valence electrons. The molecule has 0 spiro atoms. The van der Waals surface area contributed by atoms with Crippen LogP contribution in [0.25, 0.3) is 0 Å². The van der Waals surface area contributed by atoms with Gasteiger partial charge in [0.1, 0.15) is 0 Å². The maximum atomic E-state index is 13.3. The Kier molecular flexibility index (Phi) is 4.13. The summed E-state index contributed by atoms with van der Waals surface area (Å²) in [5, 5.41) is -0.703. The van der Waals surface area contributed by atoms with Crippen LogP contribution in [0.1, 0.15) is 45.4 Å². The van der Waals surface area contributed by atoms with Gasteiger partial charge >= 0.3 is 6.03 Å². The fraction of sp³-hybridized carbons (Fsp3) is 0.882. The SMILES string of the molecule is CN1C(=O)N(CC2CC2(F)F)C(=O)C2CC(S(=O)(=O)NC3(C)CC3)CCC21. The van der Waals surface area contributed by atoms with Crippen molar-refractivity contribution < 1.29 is 26.8 Å². The van der Waals surface area contributed by atoms with Crippen molar-refractivity contribution in [2.24, 2.45) is 11.8 Å². The molecule has 27 heavy (non-hydrogen) atoms. The molecule has 4 aliphatic rings. The number of amides is 3. The van der Waals surface area contributed by atoms with E-state index in [1.54, 1.807) is 7.05 Å². The Balaban J connectivity index is 1.50. The number of rotatable bonds is 5. The third-order valence-corrected chi connectivity index (χ3v) is 8.65. The average Bonchev–Trinajstić information content (AvgIpc) is 3.45. The monoisotopic (exact) mass is 405 g/mol. The van der Waals surface area contributed by atoms with Gasteiger partial charge in [-0.2, -0.15) is 0 Å². The van der Waals surface area contributed by atoms with Crippen LogP contribution in [0.5, 0.6) is 0 Å². The van der Waals surface area contributed by atoms with Gasteiger partial charge in [-0.05, 0) is 39.0 Å². The lowest BCUT2D eigenvalue weighted by atomic mass is 9.81. The summed E-state index contributed by atoms with van der Waals surface area (Å²) in [6.07, 6.45) is 2.17. The van der Waals surface area contributed by atoms with Crippen LogP contribution >= 0.6 is 0 Å². The molecular formula is C17H25F2N3O4S. The molecule has 3 aliphatic carbocycles. The number of fused-ring (bicyclic) bond motifs is 1. The van der Waals surface area contributed by atoms with Crippen LogP contribution in [0.15, 0.2) is 0 Å². The molecule has 0 aromatic heterocycles. The number of carbonyl (C=O) groups excluding carboxylic acids is 2. The van der Waals surface area contributed by atoms with Crippen molar-refractivity contribution in [1.82, 2.24) is 14.5 Å². The molecule has 4 atom stereocenters. The van der Waals surface area contributed by atoms with Crippen LogP contribution in [0.4, 0.5) is 13.6 Å². The van der Waals surface area contributed by atoms with Crippen molar-refractivity contribution in [2.45, 2.75) is 68.2 Å². The lowest BCUT2D eigenvalue weighted by Crippen LogP contribution is -2.63. The first-order chi connectivity index (χ1) is 12.4. The predicted molar refractivity (Wildman–Crippen MR) is 92.5 cm³/mol. The van der Waals surface area contributed by atoms with E-state index in [0.717, 1.165) is 17.7 Å². The Morgan fingerprint density at radius 3 is 2.41 bits per heavy atom. The van der Waals surface area contributed by atoms with Crippen LogP contribution in [0, 0.1) is 11.8 Å². The van der Waals surface area contributed by atoms with E-state index in [4.69, 9.17) is 0 Å². The number of alkyl halides is 2. The van der Waals surface area contributed by atoms with Crippen molar-refractivity contribution in [3.05, 3.63) is 0 Å². The van der Waals surface area contributed by atoms with E-state index in [0.29, 0.717) is 12.8 Å². The molecule has 0 bridgehead atoms. The molecule has 1 aliphatic heterocycles. The van der Waals surface area contributed by atoms with Gasteiger partial charge in [0, 0.05) is 37.5 Å². The number of hydrogen-bond acceptors (Lipinski definition) is 4. The molecule has 4 unspecified atom stereocenters. The second kappa shape index (κ2) is 5.85. The molecule has 0 aromatic carbocycles. The minimum absolute atomic E-state index is 0.115. The predicted octanol–water partition coefficient (Wildman–Crippen LogP) is 1.54. The Hall–Kier alpha value is -1.29. The fourth-order valence-corrected chi connectivity index (χ4v) is 6.29. The normalized spacial score (nSPS) is 37.2. The van der Waals surface area contributed by atoms with Crippen molar-refractivity contribution in [3.8, 4) is 0 Å². The summed E-state index contributed by atoms with van der Waals surface area (Å²) in [6, 6.07) is -0.933. The number of urea groups is 1. The van der Waals surface area contributed by atoms with E-state index >= 15 is 0 Å². The maximum Gasteiger partial charge on any atom is 0.326 e. The van der Waals surface area contributed by atoms with Gasteiger partial charge in [-0.25, -0.2) is 26.7 Å². The van der Waals surface area contributed by atoms with Gasteiger partial charge in [0.25, 0.3) is 5.92 Å². The van der Waals surface area contributed by atoms with Crippen molar-refractivity contribution in [3.63, 3.8) is 0 Å². The zero-order chi connectivity index (χ0) is 19.8. The van der Waals surface area contributed by atoms with E-state index in [1.165, 1.54) is 4.90 Å². The Labute approximate surface area is 157 Å². The fourth-order valence-electron chi connectivity index (χ4n) is 4.33. The van der Waals surface area contributed by atoms with Crippen LogP contribution in [-0.2, 0) is 14.8 Å². The lowest BCUT2D eigenvalue weighted by molar-refractivity contribution is -0.140. The van der Waals surface area contributed by atoms with Gasteiger partial charge in [0.15, 0.2) is 0 Å². The highest BCUT2D eigenvalue weighted by atomic mass is 32.2. The molecule has 0 radical (unpaired) electrons. The zero-order valence-corrected chi connectivity index (χ0v) is 16.3. The van der Waals surface area contributed by atoms with Gasteiger partial charge in [-0.3, -0.25) is 9.69 Å².